The van der Waals surface area contributed by atoms with Gasteiger partial charge in [0.05, 0.1) is 6.04 Å². The summed E-state index contributed by atoms with van der Waals surface area (Å²) in [5.74, 6) is 0.0917. The Morgan fingerprint density at radius 1 is 1.50 bits per heavy atom. The smallest absolute Gasteiger partial charge is 0.217 e. The normalized spacial score (nSPS) is 12.3. The highest BCUT2D eigenvalue weighted by Gasteiger charge is 2.11. The summed E-state index contributed by atoms with van der Waals surface area (Å²) in [6, 6.07) is -0.430. The molecule has 1 N–H and O–H groups in total. The summed E-state index contributed by atoms with van der Waals surface area (Å²) in [7, 11) is 0. The van der Waals surface area contributed by atoms with Crippen LogP contribution in [0.1, 0.15) is 13.8 Å². The average molecular weight is 161 g/mol. The van der Waals surface area contributed by atoms with Gasteiger partial charge in [-0.1, -0.05) is 0 Å². The minimum absolute atomic E-state index is 0.0646. The van der Waals surface area contributed by atoms with E-state index >= 15 is 0 Å². The third-order valence-corrected chi connectivity index (χ3v) is 1.42. The van der Waals surface area contributed by atoms with E-state index in [-0.39, 0.29) is 11.7 Å². The second-order valence-electron chi connectivity index (χ2n) is 2.05. The van der Waals surface area contributed by atoms with E-state index in [0.29, 0.717) is 5.75 Å². The Hall–Kier alpha value is -0.510. The van der Waals surface area contributed by atoms with Gasteiger partial charge in [-0.2, -0.15) is 12.6 Å². The van der Waals surface area contributed by atoms with E-state index in [4.69, 9.17) is 0 Å². The van der Waals surface area contributed by atoms with Crippen molar-refractivity contribution in [2.45, 2.75) is 19.9 Å². The average Bonchev–Trinajstić information content (AvgIpc) is 1.81. The Labute approximate surface area is 65.6 Å². The fraction of sp³-hybridized carbons (Fsp3) is 0.667. The molecule has 0 rings (SSSR count). The topological polar surface area (TPSA) is 46.2 Å². The highest BCUT2D eigenvalue weighted by molar-refractivity contribution is 7.80. The molecule has 0 aromatic carbocycles. The van der Waals surface area contributed by atoms with Crippen LogP contribution < -0.4 is 5.32 Å². The van der Waals surface area contributed by atoms with Gasteiger partial charge in [-0.05, 0) is 6.92 Å². The minimum atomic E-state index is -0.430. The molecular weight excluding hydrogens is 150 g/mol. The van der Waals surface area contributed by atoms with Crippen LogP contribution in [-0.2, 0) is 9.59 Å². The zero-order chi connectivity index (χ0) is 8.15. The Balaban J connectivity index is 3.83. The molecular formula is C6H11NO2S. The molecule has 0 spiro atoms. The number of thiol groups is 1. The lowest BCUT2D eigenvalue weighted by Gasteiger charge is -2.10. The number of ketones is 1. The molecule has 1 amide bonds. The molecule has 0 aromatic heterocycles. The van der Waals surface area contributed by atoms with Gasteiger partial charge in [-0.15, -0.1) is 0 Å². The van der Waals surface area contributed by atoms with Crippen molar-refractivity contribution in [3.8, 4) is 0 Å². The van der Waals surface area contributed by atoms with Gasteiger partial charge in [0.2, 0.25) is 5.91 Å². The largest absolute Gasteiger partial charge is 0.346 e. The Morgan fingerprint density at radius 3 is 2.10 bits per heavy atom. The maximum absolute atomic E-state index is 10.6. The molecule has 58 valence electrons. The first-order valence-corrected chi connectivity index (χ1v) is 3.59. The van der Waals surface area contributed by atoms with Crippen molar-refractivity contribution in [3.05, 3.63) is 0 Å². The van der Waals surface area contributed by atoms with Crippen LogP contribution >= 0.6 is 12.6 Å². The molecule has 4 heteroatoms. The van der Waals surface area contributed by atoms with Crippen LogP contribution in [0.4, 0.5) is 0 Å². The first-order valence-electron chi connectivity index (χ1n) is 2.96. The third kappa shape index (κ3) is 3.50. The summed E-state index contributed by atoms with van der Waals surface area (Å²) >= 11 is 3.89. The molecule has 0 radical (unpaired) electrons. The van der Waals surface area contributed by atoms with Crippen molar-refractivity contribution in [1.82, 2.24) is 5.32 Å². The zero-order valence-corrected chi connectivity index (χ0v) is 6.94. The molecule has 0 heterocycles. The summed E-state index contributed by atoms with van der Waals surface area (Å²) in [5, 5.41) is 2.46. The lowest BCUT2D eigenvalue weighted by molar-refractivity contribution is -0.125. The van der Waals surface area contributed by atoms with Crippen molar-refractivity contribution >= 4 is 24.3 Å². The van der Waals surface area contributed by atoms with E-state index < -0.39 is 6.04 Å². The number of amides is 1. The van der Waals surface area contributed by atoms with E-state index in [1.165, 1.54) is 13.8 Å². The predicted octanol–water partition coefficient (Wildman–Crippen LogP) is 0.00990. The first-order chi connectivity index (χ1) is 4.57. The molecule has 0 aliphatic heterocycles. The first kappa shape index (κ1) is 9.49. The van der Waals surface area contributed by atoms with Gasteiger partial charge in [0.15, 0.2) is 5.78 Å². The van der Waals surface area contributed by atoms with Crippen LogP contribution in [0.2, 0.25) is 0 Å². The molecule has 3 nitrogen and oxygen atoms in total. The monoisotopic (exact) mass is 161 g/mol. The van der Waals surface area contributed by atoms with Gasteiger partial charge >= 0.3 is 0 Å². The van der Waals surface area contributed by atoms with E-state index in [0.717, 1.165) is 0 Å². The van der Waals surface area contributed by atoms with Crippen molar-refractivity contribution in [2.24, 2.45) is 0 Å². The van der Waals surface area contributed by atoms with Crippen LogP contribution in [0.25, 0.3) is 0 Å². The van der Waals surface area contributed by atoms with Gasteiger partial charge in [0.1, 0.15) is 0 Å². The number of hydrogen-bond donors (Lipinski definition) is 2. The molecule has 0 aromatic rings. The van der Waals surface area contributed by atoms with Crippen LogP contribution in [-0.4, -0.2) is 23.5 Å². The highest BCUT2D eigenvalue weighted by atomic mass is 32.1. The van der Waals surface area contributed by atoms with Crippen molar-refractivity contribution < 1.29 is 9.59 Å². The van der Waals surface area contributed by atoms with Crippen molar-refractivity contribution in [1.29, 1.82) is 0 Å². The highest BCUT2D eigenvalue weighted by Crippen LogP contribution is 1.88. The summed E-state index contributed by atoms with van der Waals surface area (Å²) in [5.41, 5.74) is 0. The summed E-state index contributed by atoms with van der Waals surface area (Å²) < 4.78 is 0. The van der Waals surface area contributed by atoms with Gasteiger partial charge in [-0.3, -0.25) is 9.59 Å². The van der Waals surface area contributed by atoms with Crippen molar-refractivity contribution in [2.75, 3.05) is 5.75 Å². The molecule has 0 fully saturated rings. The molecule has 0 saturated carbocycles. The molecule has 0 aliphatic rings. The summed E-state index contributed by atoms with van der Waals surface area (Å²) in [6.45, 7) is 2.80. The lowest BCUT2D eigenvalue weighted by atomic mass is 10.2. The van der Waals surface area contributed by atoms with Gasteiger partial charge in [0.25, 0.3) is 0 Å². The van der Waals surface area contributed by atoms with E-state index in [9.17, 15) is 9.59 Å². The standard InChI is InChI=1S/C6H11NO2S/c1-4(8)6(3-10)7-5(2)9/h6,10H,3H2,1-2H3,(H,7,9). The van der Waals surface area contributed by atoms with Crippen molar-refractivity contribution in [3.63, 3.8) is 0 Å². The van der Waals surface area contributed by atoms with Gasteiger partial charge < -0.3 is 5.32 Å². The third-order valence-electron chi connectivity index (χ3n) is 1.05. The van der Waals surface area contributed by atoms with E-state index in [1.807, 2.05) is 0 Å². The fourth-order valence-electron chi connectivity index (χ4n) is 0.521. The summed E-state index contributed by atoms with van der Waals surface area (Å²) in [6.07, 6.45) is 0. The SMILES string of the molecule is CC(=O)NC(CS)C(C)=O. The fourth-order valence-corrected chi connectivity index (χ4v) is 0.870. The molecule has 10 heavy (non-hydrogen) atoms. The maximum Gasteiger partial charge on any atom is 0.217 e. The number of Topliss-reactive ketones (excluding diaryl/α,β-unsaturated/α-hetero) is 1. The molecule has 1 atom stereocenters. The second-order valence-corrected chi connectivity index (χ2v) is 2.41. The van der Waals surface area contributed by atoms with E-state index in [1.54, 1.807) is 0 Å². The Bertz CT molecular complexity index is 147. The quantitative estimate of drug-likeness (QED) is 0.573. The number of nitrogens with one attached hydrogen (secondary N) is 1. The number of carbonyl (C=O) groups excluding carboxylic acids is 2. The molecule has 1 unspecified atom stereocenters. The second kappa shape index (κ2) is 4.33. The van der Waals surface area contributed by atoms with Gasteiger partial charge in [0, 0.05) is 12.7 Å². The Kier molecular flexibility index (Phi) is 4.11. The number of rotatable bonds is 3. The van der Waals surface area contributed by atoms with E-state index in [2.05, 4.69) is 17.9 Å². The minimum Gasteiger partial charge on any atom is -0.346 e. The van der Waals surface area contributed by atoms with Crippen LogP contribution in [0.5, 0.6) is 0 Å². The van der Waals surface area contributed by atoms with Crippen LogP contribution in [0, 0.1) is 0 Å². The number of carbonyl (C=O) groups is 2. The predicted molar refractivity (Wildman–Crippen MR) is 42.1 cm³/mol. The lowest BCUT2D eigenvalue weighted by Crippen LogP contribution is -2.39. The number of hydrogen-bond acceptors (Lipinski definition) is 3. The van der Waals surface area contributed by atoms with Crippen LogP contribution in [0.3, 0.4) is 0 Å². The molecule has 0 bridgehead atoms. The molecule has 0 aliphatic carbocycles. The Morgan fingerprint density at radius 2 is 2.00 bits per heavy atom. The summed E-state index contributed by atoms with van der Waals surface area (Å²) in [4.78, 5) is 21.1. The maximum atomic E-state index is 10.6. The van der Waals surface area contributed by atoms with Crippen LogP contribution in [0.15, 0.2) is 0 Å². The zero-order valence-electron chi connectivity index (χ0n) is 6.05. The van der Waals surface area contributed by atoms with Gasteiger partial charge in [-0.25, -0.2) is 0 Å². The molecule has 0 saturated heterocycles.